The molecule has 3 aromatic rings. The van der Waals surface area contributed by atoms with E-state index in [0.717, 1.165) is 17.0 Å². The largest absolute Gasteiger partial charge is 0.460 e. The predicted octanol–water partition coefficient (Wildman–Crippen LogP) is 3.85. The quantitative estimate of drug-likeness (QED) is 0.771. The lowest BCUT2D eigenvalue weighted by Gasteiger charge is -2.06. The second-order valence-electron chi connectivity index (χ2n) is 5.33. The minimum atomic E-state index is -0.256. The maximum Gasteiger partial charge on any atom is 0.276 e. The average molecular weight is 295 g/mol. The molecule has 3 rings (SSSR count). The summed E-state index contributed by atoms with van der Waals surface area (Å²) in [4.78, 5) is 12.2. The highest BCUT2D eigenvalue weighted by Gasteiger charge is 2.13. The molecule has 22 heavy (non-hydrogen) atoms. The van der Waals surface area contributed by atoms with E-state index < -0.39 is 0 Å². The summed E-state index contributed by atoms with van der Waals surface area (Å²) in [6, 6.07) is 11.2. The molecular formula is C17H17N3O2. The molecular weight excluding hydrogens is 278 g/mol. The third-order valence-corrected chi connectivity index (χ3v) is 3.58. The number of hydrogen-bond donors (Lipinski definition) is 2. The Morgan fingerprint density at radius 1 is 1.09 bits per heavy atom. The van der Waals surface area contributed by atoms with Crippen molar-refractivity contribution in [2.75, 3.05) is 5.32 Å². The molecule has 0 bridgehead atoms. The highest BCUT2D eigenvalue weighted by Crippen LogP contribution is 2.21. The Labute approximate surface area is 128 Å². The van der Waals surface area contributed by atoms with Crippen LogP contribution in [0.1, 0.15) is 27.4 Å². The first-order valence-electron chi connectivity index (χ1n) is 7.04. The molecule has 0 aliphatic carbocycles. The SMILES string of the molecule is Cc1ccc(-c2cc(C(=O)Nc3ccc(C)c(C)c3)n[nH]2)o1. The Kier molecular flexibility index (Phi) is 3.55. The molecule has 112 valence electrons. The summed E-state index contributed by atoms with van der Waals surface area (Å²) in [7, 11) is 0. The molecule has 5 heteroatoms. The number of hydrogen-bond acceptors (Lipinski definition) is 3. The summed E-state index contributed by atoms with van der Waals surface area (Å²) in [6.45, 7) is 5.91. The van der Waals surface area contributed by atoms with Crippen molar-refractivity contribution >= 4 is 11.6 Å². The predicted molar refractivity (Wildman–Crippen MR) is 84.9 cm³/mol. The van der Waals surface area contributed by atoms with Gasteiger partial charge in [-0.2, -0.15) is 5.10 Å². The van der Waals surface area contributed by atoms with Gasteiger partial charge in [0, 0.05) is 11.8 Å². The summed E-state index contributed by atoms with van der Waals surface area (Å²) in [6.07, 6.45) is 0. The van der Waals surface area contributed by atoms with Gasteiger partial charge in [-0.15, -0.1) is 0 Å². The number of anilines is 1. The van der Waals surface area contributed by atoms with Gasteiger partial charge in [-0.25, -0.2) is 0 Å². The van der Waals surface area contributed by atoms with E-state index in [-0.39, 0.29) is 5.91 Å². The zero-order valence-electron chi connectivity index (χ0n) is 12.7. The van der Waals surface area contributed by atoms with Crippen LogP contribution in [-0.2, 0) is 0 Å². The normalized spacial score (nSPS) is 10.7. The Hall–Kier alpha value is -2.82. The Morgan fingerprint density at radius 2 is 1.91 bits per heavy atom. The Morgan fingerprint density at radius 3 is 2.59 bits per heavy atom. The number of rotatable bonds is 3. The van der Waals surface area contributed by atoms with E-state index in [1.807, 2.05) is 51.1 Å². The molecule has 0 spiro atoms. The second-order valence-corrected chi connectivity index (χ2v) is 5.33. The minimum absolute atomic E-state index is 0.256. The van der Waals surface area contributed by atoms with Gasteiger partial charge in [0.15, 0.2) is 11.5 Å². The second kappa shape index (κ2) is 5.52. The molecule has 0 aliphatic rings. The van der Waals surface area contributed by atoms with E-state index in [9.17, 15) is 4.79 Å². The van der Waals surface area contributed by atoms with Crippen molar-refractivity contribution in [1.29, 1.82) is 0 Å². The van der Waals surface area contributed by atoms with Gasteiger partial charge in [0.1, 0.15) is 11.5 Å². The van der Waals surface area contributed by atoms with Crippen molar-refractivity contribution in [3.63, 3.8) is 0 Å². The fourth-order valence-electron chi connectivity index (χ4n) is 2.16. The van der Waals surface area contributed by atoms with Gasteiger partial charge >= 0.3 is 0 Å². The maximum atomic E-state index is 12.2. The van der Waals surface area contributed by atoms with Crippen molar-refractivity contribution in [2.45, 2.75) is 20.8 Å². The van der Waals surface area contributed by atoms with Crippen molar-refractivity contribution in [3.05, 3.63) is 59.0 Å². The van der Waals surface area contributed by atoms with Crippen LogP contribution in [0, 0.1) is 20.8 Å². The highest BCUT2D eigenvalue weighted by molar-refractivity contribution is 6.03. The molecule has 0 aliphatic heterocycles. The number of carbonyl (C=O) groups is 1. The first-order valence-corrected chi connectivity index (χ1v) is 7.04. The molecule has 0 saturated heterocycles. The van der Waals surface area contributed by atoms with Crippen molar-refractivity contribution in [3.8, 4) is 11.5 Å². The molecule has 0 radical (unpaired) electrons. The summed E-state index contributed by atoms with van der Waals surface area (Å²) in [5, 5.41) is 9.70. The lowest BCUT2D eigenvalue weighted by Crippen LogP contribution is -2.12. The summed E-state index contributed by atoms with van der Waals surface area (Å²) < 4.78 is 5.51. The fraction of sp³-hybridized carbons (Fsp3) is 0.176. The van der Waals surface area contributed by atoms with Gasteiger partial charge in [0.2, 0.25) is 0 Å². The Balaban J connectivity index is 1.78. The molecule has 0 fully saturated rings. The van der Waals surface area contributed by atoms with Crippen LogP contribution in [0.5, 0.6) is 0 Å². The van der Waals surface area contributed by atoms with Crippen LogP contribution in [0.3, 0.4) is 0 Å². The summed E-state index contributed by atoms with van der Waals surface area (Å²) in [5.74, 6) is 1.22. The molecule has 5 nitrogen and oxygen atoms in total. The van der Waals surface area contributed by atoms with Crippen LogP contribution in [0.4, 0.5) is 5.69 Å². The fourth-order valence-corrected chi connectivity index (χ4v) is 2.16. The number of nitrogens with zero attached hydrogens (tertiary/aromatic N) is 1. The number of aromatic amines is 1. The number of aryl methyl sites for hydroxylation is 3. The smallest absolute Gasteiger partial charge is 0.276 e. The molecule has 1 amide bonds. The van der Waals surface area contributed by atoms with E-state index in [2.05, 4.69) is 15.5 Å². The van der Waals surface area contributed by atoms with Crippen LogP contribution in [-0.4, -0.2) is 16.1 Å². The first kappa shape index (κ1) is 14.1. The minimum Gasteiger partial charge on any atom is -0.460 e. The third-order valence-electron chi connectivity index (χ3n) is 3.58. The van der Waals surface area contributed by atoms with Crippen molar-refractivity contribution in [2.24, 2.45) is 0 Å². The zero-order chi connectivity index (χ0) is 15.7. The summed E-state index contributed by atoms with van der Waals surface area (Å²) >= 11 is 0. The van der Waals surface area contributed by atoms with Gasteiger partial charge in [-0.05, 0) is 56.2 Å². The lowest BCUT2D eigenvalue weighted by molar-refractivity contribution is 0.102. The third kappa shape index (κ3) is 2.79. The summed E-state index contributed by atoms with van der Waals surface area (Å²) in [5.41, 5.74) is 4.08. The maximum absolute atomic E-state index is 12.2. The lowest BCUT2D eigenvalue weighted by atomic mass is 10.1. The van der Waals surface area contributed by atoms with Crippen LogP contribution in [0.2, 0.25) is 0 Å². The molecule has 0 unspecified atom stereocenters. The van der Waals surface area contributed by atoms with Crippen molar-refractivity contribution < 1.29 is 9.21 Å². The van der Waals surface area contributed by atoms with E-state index in [0.29, 0.717) is 17.1 Å². The van der Waals surface area contributed by atoms with Crippen LogP contribution in [0.25, 0.3) is 11.5 Å². The van der Waals surface area contributed by atoms with Crippen LogP contribution >= 0.6 is 0 Å². The van der Waals surface area contributed by atoms with Crippen molar-refractivity contribution in [1.82, 2.24) is 10.2 Å². The average Bonchev–Trinajstić information content (AvgIpc) is 3.11. The first-order chi connectivity index (χ1) is 10.5. The van der Waals surface area contributed by atoms with Crippen LogP contribution < -0.4 is 5.32 Å². The molecule has 2 heterocycles. The van der Waals surface area contributed by atoms with E-state index >= 15 is 0 Å². The Bertz CT molecular complexity index is 830. The molecule has 1 aromatic carbocycles. The van der Waals surface area contributed by atoms with Gasteiger partial charge in [0.25, 0.3) is 5.91 Å². The monoisotopic (exact) mass is 295 g/mol. The number of H-pyrrole nitrogens is 1. The van der Waals surface area contributed by atoms with Crippen LogP contribution in [0.15, 0.2) is 40.8 Å². The van der Waals surface area contributed by atoms with E-state index in [1.165, 1.54) is 5.56 Å². The van der Waals surface area contributed by atoms with Gasteiger partial charge in [-0.3, -0.25) is 9.89 Å². The standard InChI is InChI=1S/C17H17N3O2/c1-10-4-6-13(8-11(10)2)18-17(21)15-9-14(19-20-15)16-7-5-12(3)22-16/h4-9H,1-3H3,(H,18,21)(H,19,20). The number of benzene rings is 1. The highest BCUT2D eigenvalue weighted by atomic mass is 16.3. The molecule has 2 aromatic heterocycles. The zero-order valence-corrected chi connectivity index (χ0v) is 12.7. The topological polar surface area (TPSA) is 70.9 Å². The molecule has 2 N–H and O–H groups in total. The number of carbonyl (C=O) groups excluding carboxylic acids is 1. The molecule has 0 atom stereocenters. The molecule has 0 saturated carbocycles. The van der Waals surface area contributed by atoms with E-state index in [1.54, 1.807) is 6.07 Å². The van der Waals surface area contributed by atoms with Gasteiger partial charge in [-0.1, -0.05) is 6.07 Å². The number of nitrogens with one attached hydrogen (secondary N) is 2. The number of aromatic nitrogens is 2. The number of furan rings is 1. The van der Waals surface area contributed by atoms with Gasteiger partial charge in [0.05, 0.1) is 0 Å². The van der Waals surface area contributed by atoms with Gasteiger partial charge < -0.3 is 9.73 Å². The number of amides is 1. The van der Waals surface area contributed by atoms with E-state index in [4.69, 9.17) is 4.42 Å².